The number of carbonyl (C=O) groups is 1. The van der Waals surface area contributed by atoms with Gasteiger partial charge in [0.25, 0.3) is 0 Å². The Balaban J connectivity index is 2.00. The van der Waals surface area contributed by atoms with Gasteiger partial charge in [0.15, 0.2) is 6.10 Å². The number of hydrogen-bond acceptors (Lipinski definition) is 4. The number of esters is 1. The van der Waals surface area contributed by atoms with E-state index in [0.717, 1.165) is 5.39 Å². The van der Waals surface area contributed by atoms with Gasteiger partial charge >= 0.3 is 12.1 Å². The zero-order chi connectivity index (χ0) is 20.4. The second kappa shape index (κ2) is 7.61. The summed E-state index contributed by atoms with van der Waals surface area (Å²) in [5.41, 5.74) is -0.0120. The number of hydrogen-bond donors (Lipinski definition) is 2. The fourth-order valence-electron chi connectivity index (χ4n) is 2.82. The summed E-state index contributed by atoms with van der Waals surface area (Å²) in [6, 6.07) is 19.0. The highest BCUT2D eigenvalue weighted by atomic mass is 19.4. The molecular formula is C21H17F3O4. The highest BCUT2D eigenvalue weighted by Gasteiger charge is 2.46. The number of rotatable bonds is 5. The molecule has 0 aliphatic rings. The summed E-state index contributed by atoms with van der Waals surface area (Å²) in [4.78, 5) is 12.4. The van der Waals surface area contributed by atoms with Crippen LogP contribution >= 0.6 is 0 Å². The molecule has 7 heteroatoms. The predicted octanol–water partition coefficient (Wildman–Crippen LogP) is 4.16. The first kappa shape index (κ1) is 19.9. The van der Waals surface area contributed by atoms with Crippen LogP contribution < -0.4 is 0 Å². The Morgan fingerprint density at radius 1 is 0.929 bits per heavy atom. The number of fused-ring (bicyclic) bond motifs is 1. The minimum atomic E-state index is -4.98. The molecule has 3 aromatic rings. The number of aliphatic hydroxyl groups excluding tert-OH is 1. The van der Waals surface area contributed by atoms with Gasteiger partial charge in [0.05, 0.1) is 12.0 Å². The van der Waals surface area contributed by atoms with Crippen molar-refractivity contribution in [1.29, 1.82) is 0 Å². The van der Waals surface area contributed by atoms with Crippen LogP contribution in [0.2, 0.25) is 0 Å². The standard InChI is InChI=1S/C21H17F3O4/c22-21(23,24)18(25)13-20(27,28-19(26)15-7-2-1-3-8-15)17-11-10-14-6-4-5-9-16(14)12-17/h1-12,18,25,27H,13H2. The second-order valence-electron chi connectivity index (χ2n) is 6.36. The molecule has 2 atom stereocenters. The van der Waals surface area contributed by atoms with Gasteiger partial charge in [0.1, 0.15) is 0 Å². The van der Waals surface area contributed by atoms with Crippen molar-refractivity contribution in [2.45, 2.75) is 24.5 Å². The Kier molecular flexibility index (Phi) is 5.40. The first-order chi connectivity index (χ1) is 13.2. The molecule has 2 unspecified atom stereocenters. The molecule has 3 rings (SSSR count). The Bertz CT molecular complexity index is 972. The van der Waals surface area contributed by atoms with Gasteiger partial charge in [-0.2, -0.15) is 13.2 Å². The van der Waals surface area contributed by atoms with E-state index in [1.807, 2.05) is 0 Å². The summed E-state index contributed by atoms with van der Waals surface area (Å²) in [5, 5.41) is 21.8. The van der Waals surface area contributed by atoms with Gasteiger partial charge in [-0.05, 0) is 29.0 Å². The number of alkyl halides is 3. The minimum Gasteiger partial charge on any atom is -0.425 e. The van der Waals surface area contributed by atoms with Crippen LogP contribution in [0.3, 0.4) is 0 Å². The quantitative estimate of drug-likeness (QED) is 0.507. The van der Waals surface area contributed by atoms with Crippen LogP contribution in [0.1, 0.15) is 22.3 Å². The van der Waals surface area contributed by atoms with Gasteiger partial charge in [0, 0.05) is 5.56 Å². The molecule has 2 N–H and O–H groups in total. The summed E-state index contributed by atoms with van der Waals surface area (Å²) < 4.78 is 43.8. The topological polar surface area (TPSA) is 66.8 Å². The van der Waals surface area contributed by atoms with Crippen molar-refractivity contribution < 1.29 is 32.9 Å². The lowest BCUT2D eigenvalue weighted by atomic mass is 9.96. The number of carbonyl (C=O) groups excluding carboxylic acids is 1. The van der Waals surface area contributed by atoms with E-state index < -0.39 is 30.5 Å². The molecule has 0 spiro atoms. The molecule has 0 saturated heterocycles. The molecule has 0 saturated carbocycles. The van der Waals surface area contributed by atoms with Crippen molar-refractivity contribution >= 4 is 16.7 Å². The normalized spacial score (nSPS) is 15.0. The molecule has 0 aliphatic carbocycles. The fourth-order valence-corrected chi connectivity index (χ4v) is 2.82. The lowest BCUT2D eigenvalue weighted by Gasteiger charge is -2.31. The van der Waals surface area contributed by atoms with Crippen molar-refractivity contribution in [3.8, 4) is 0 Å². The van der Waals surface area contributed by atoms with Gasteiger partial charge in [-0.15, -0.1) is 0 Å². The van der Waals surface area contributed by atoms with Gasteiger partial charge in [-0.3, -0.25) is 0 Å². The molecule has 0 fully saturated rings. The smallest absolute Gasteiger partial charge is 0.414 e. The summed E-state index contributed by atoms with van der Waals surface area (Å²) in [6.45, 7) is 0. The molecule has 0 amide bonds. The first-order valence-corrected chi connectivity index (χ1v) is 8.44. The molecule has 4 nitrogen and oxygen atoms in total. The van der Waals surface area contributed by atoms with E-state index >= 15 is 0 Å². The van der Waals surface area contributed by atoms with Crippen LogP contribution in [0.5, 0.6) is 0 Å². The number of ether oxygens (including phenoxy) is 1. The van der Waals surface area contributed by atoms with Crippen molar-refractivity contribution in [2.24, 2.45) is 0 Å². The SMILES string of the molecule is O=C(OC(O)(CC(O)C(F)(F)F)c1ccc2ccccc2c1)c1ccccc1. The molecule has 0 aliphatic heterocycles. The Hall–Kier alpha value is -2.90. The third kappa shape index (κ3) is 4.32. The van der Waals surface area contributed by atoms with Crippen LogP contribution in [0, 0.1) is 0 Å². The first-order valence-electron chi connectivity index (χ1n) is 8.44. The third-order valence-electron chi connectivity index (χ3n) is 4.32. The minimum absolute atomic E-state index is 0.0585. The molecule has 0 radical (unpaired) electrons. The summed E-state index contributed by atoms with van der Waals surface area (Å²) in [6.07, 6.45) is -9.12. The van der Waals surface area contributed by atoms with Gasteiger partial charge in [-0.1, -0.05) is 54.6 Å². The van der Waals surface area contributed by atoms with E-state index in [2.05, 4.69) is 0 Å². The van der Waals surface area contributed by atoms with E-state index in [1.54, 1.807) is 48.5 Å². The van der Waals surface area contributed by atoms with Crippen molar-refractivity contribution in [3.63, 3.8) is 0 Å². The molecule has 0 bridgehead atoms. The van der Waals surface area contributed by atoms with Crippen molar-refractivity contribution in [2.75, 3.05) is 0 Å². The second-order valence-corrected chi connectivity index (χ2v) is 6.36. The Morgan fingerprint density at radius 3 is 2.18 bits per heavy atom. The summed E-state index contributed by atoms with van der Waals surface area (Å²) >= 11 is 0. The van der Waals surface area contributed by atoms with Crippen LogP contribution in [0.15, 0.2) is 72.8 Å². The van der Waals surface area contributed by atoms with E-state index in [-0.39, 0.29) is 11.1 Å². The summed E-state index contributed by atoms with van der Waals surface area (Å²) in [5.74, 6) is -3.68. The van der Waals surface area contributed by atoms with Crippen LogP contribution in [0.25, 0.3) is 10.8 Å². The highest BCUT2D eigenvalue weighted by molar-refractivity contribution is 5.89. The van der Waals surface area contributed by atoms with Gasteiger partial charge in [0.2, 0.25) is 5.79 Å². The van der Waals surface area contributed by atoms with Crippen LogP contribution in [-0.4, -0.2) is 28.5 Å². The maximum Gasteiger partial charge on any atom is 0.414 e. The average Bonchev–Trinajstić information content (AvgIpc) is 2.67. The number of benzene rings is 3. The van der Waals surface area contributed by atoms with E-state index in [4.69, 9.17) is 4.74 Å². The fraction of sp³-hybridized carbons (Fsp3) is 0.190. The molecule has 0 aromatic heterocycles. The van der Waals surface area contributed by atoms with E-state index in [0.29, 0.717) is 5.39 Å². The zero-order valence-electron chi connectivity index (χ0n) is 14.6. The Morgan fingerprint density at radius 2 is 1.54 bits per heavy atom. The van der Waals surface area contributed by atoms with Crippen LogP contribution in [0.4, 0.5) is 13.2 Å². The third-order valence-corrected chi connectivity index (χ3v) is 4.32. The molecule has 3 aromatic carbocycles. The zero-order valence-corrected chi connectivity index (χ0v) is 14.6. The predicted molar refractivity (Wildman–Crippen MR) is 96.4 cm³/mol. The number of halogens is 3. The van der Waals surface area contributed by atoms with Gasteiger partial charge in [-0.25, -0.2) is 4.79 Å². The van der Waals surface area contributed by atoms with Crippen molar-refractivity contribution in [1.82, 2.24) is 0 Å². The van der Waals surface area contributed by atoms with E-state index in [9.17, 15) is 28.2 Å². The maximum absolute atomic E-state index is 12.9. The lowest BCUT2D eigenvalue weighted by molar-refractivity contribution is -0.252. The maximum atomic E-state index is 12.9. The molecule has 146 valence electrons. The largest absolute Gasteiger partial charge is 0.425 e. The number of aliphatic hydroxyl groups is 2. The monoisotopic (exact) mass is 390 g/mol. The van der Waals surface area contributed by atoms with E-state index in [1.165, 1.54) is 24.3 Å². The highest BCUT2D eigenvalue weighted by Crippen LogP contribution is 2.35. The Labute approximate surface area is 158 Å². The van der Waals surface area contributed by atoms with Crippen LogP contribution in [-0.2, 0) is 10.5 Å². The van der Waals surface area contributed by atoms with Crippen molar-refractivity contribution in [3.05, 3.63) is 83.9 Å². The average molecular weight is 390 g/mol. The van der Waals surface area contributed by atoms with Gasteiger partial charge < -0.3 is 14.9 Å². The lowest BCUT2D eigenvalue weighted by Crippen LogP contribution is -2.41. The molecular weight excluding hydrogens is 373 g/mol. The summed E-state index contributed by atoms with van der Waals surface area (Å²) in [7, 11) is 0. The molecule has 0 heterocycles. The molecule has 28 heavy (non-hydrogen) atoms.